The highest BCUT2D eigenvalue weighted by molar-refractivity contribution is 5.68. The van der Waals surface area contributed by atoms with Crippen molar-refractivity contribution in [2.75, 3.05) is 26.2 Å². The van der Waals surface area contributed by atoms with Gasteiger partial charge in [0.05, 0.1) is 0 Å². The third-order valence-electron chi connectivity index (χ3n) is 2.99. The van der Waals surface area contributed by atoms with Gasteiger partial charge < -0.3 is 9.64 Å². The van der Waals surface area contributed by atoms with Crippen LogP contribution in [0.5, 0.6) is 0 Å². The van der Waals surface area contributed by atoms with E-state index in [-0.39, 0.29) is 6.09 Å². The number of piperazine rings is 1. The molecule has 1 heterocycles. The molecule has 18 heavy (non-hydrogen) atoms. The number of carbonyl (C=O) groups is 1. The van der Waals surface area contributed by atoms with Crippen molar-refractivity contribution in [2.24, 2.45) is 0 Å². The summed E-state index contributed by atoms with van der Waals surface area (Å²) < 4.78 is 5.40. The van der Waals surface area contributed by atoms with Gasteiger partial charge in [-0.25, -0.2) is 4.79 Å². The van der Waals surface area contributed by atoms with Crippen LogP contribution in [0.1, 0.15) is 34.6 Å². The minimum Gasteiger partial charge on any atom is -0.444 e. The Morgan fingerprint density at radius 1 is 1.39 bits per heavy atom. The molecule has 1 atom stereocenters. The lowest BCUT2D eigenvalue weighted by atomic mass is 10.2. The zero-order chi connectivity index (χ0) is 13.8. The van der Waals surface area contributed by atoms with Gasteiger partial charge in [-0.05, 0) is 34.6 Å². The number of ether oxygens (including phenoxy) is 1. The van der Waals surface area contributed by atoms with Gasteiger partial charge in [0.15, 0.2) is 0 Å². The normalized spacial score (nSPS) is 22.5. The number of amides is 1. The van der Waals surface area contributed by atoms with Crippen LogP contribution in [0.15, 0.2) is 12.2 Å². The third-order valence-corrected chi connectivity index (χ3v) is 2.99. The second-order valence-corrected chi connectivity index (χ2v) is 5.84. The Morgan fingerprint density at radius 3 is 2.56 bits per heavy atom. The van der Waals surface area contributed by atoms with Crippen molar-refractivity contribution in [1.82, 2.24) is 9.80 Å². The first-order valence-corrected chi connectivity index (χ1v) is 6.66. The highest BCUT2D eigenvalue weighted by atomic mass is 16.6. The molecule has 1 amide bonds. The Hall–Kier alpha value is -1.03. The molecular formula is C14H26N2O2. The van der Waals surface area contributed by atoms with Gasteiger partial charge >= 0.3 is 6.09 Å². The average Bonchev–Trinajstić information content (AvgIpc) is 2.25. The Labute approximate surface area is 111 Å². The zero-order valence-electron chi connectivity index (χ0n) is 12.3. The smallest absolute Gasteiger partial charge is 0.410 e. The molecule has 0 radical (unpaired) electrons. The Morgan fingerprint density at radius 2 is 2.06 bits per heavy atom. The van der Waals surface area contributed by atoms with Crippen molar-refractivity contribution in [1.29, 1.82) is 0 Å². The summed E-state index contributed by atoms with van der Waals surface area (Å²) in [5.41, 5.74) is -0.414. The van der Waals surface area contributed by atoms with Crippen LogP contribution in [-0.4, -0.2) is 53.7 Å². The maximum absolute atomic E-state index is 12.0. The molecule has 4 nitrogen and oxygen atoms in total. The first kappa shape index (κ1) is 15.0. The van der Waals surface area contributed by atoms with E-state index in [1.165, 1.54) is 0 Å². The molecule has 0 aliphatic carbocycles. The van der Waals surface area contributed by atoms with Crippen LogP contribution < -0.4 is 0 Å². The quantitative estimate of drug-likeness (QED) is 0.710. The van der Waals surface area contributed by atoms with Gasteiger partial charge in [-0.15, -0.1) is 0 Å². The topological polar surface area (TPSA) is 32.8 Å². The molecule has 0 unspecified atom stereocenters. The molecule has 1 aliphatic rings. The van der Waals surface area contributed by atoms with Crippen molar-refractivity contribution in [3.63, 3.8) is 0 Å². The van der Waals surface area contributed by atoms with Crippen LogP contribution in [0.4, 0.5) is 4.79 Å². The van der Waals surface area contributed by atoms with Crippen LogP contribution >= 0.6 is 0 Å². The van der Waals surface area contributed by atoms with E-state index >= 15 is 0 Å². The van der Waals surface area contributed by atoms with Crippen molar-refractivity contribution in [3.8, 4) is 0 Å². The second kappa shape index (κ2) is 6.23. The number of carbonyl (C=O) groups excluding carboxylic acids is 1. The van der Waals surface area contributed by atoms with Crippen molar-refractivity contribution in [3.05, 3.63) is 12.2 Å². The fraction of sp³-hybridized carbons (Fsp3) is 0.786. The molecule has 0 N–H and O–H groups in total. The SMILES string of the molecule is CC=CCN1CCN(C(=O)OC(C)(C)C)C[C@@H]1C. The van der Waals surface area contributed by atoms with Gasteiger partial charge in [0.25, 0.3) is 0 Å². The molecule has 0 aromatic rings. The van der Waals surface area contributed by atoms with Gasteiger partial charge in [0, 0.05) is 32.2 Å². The van der Waals surface area contributed by atoms with E-state index in [1.54, 1.807) is 0 Å². The van der Waals surface area contributed by atoms with Crippen LogP contribution in [0, 0.1) is 0 Å². The summed E-state index contributed by atoms with van der Waals surface area (Å²) in [6.07, 6.45) is 4.02. The number of rotatable bonds is 2. The number of allylic oxidation sites excluding steroid dienone is 1. The van der Waals surface area contributed by atoms with E-state index in [0.29, 0.717) is 6.04 Å². The predicted octanol–water partition coefficient (Wildman–Crippen LogP) is 2.50. The largest absolute Gasteiger partial charge is 0.444 e. The molecule has 0 bridgehead atoms. The zero-order valence-corrected chi connectivity index (χ0v) is 12.3. The number of nitrogens with zero attached hydrogens (tertiary/aromatic N) is 2. The lowest BCUT2D eigenvalue weighted by Crippen LogP contribution is -2.54. The maximum atomic E-state index is 12.0. The molecule has 104 valence electrons. The van der Waals surface area contributed by atoms with Crippen LogP contribution in [0.2, 0.25) is 0 Å². The predicted molar refractivity (Wildman–Crippen MR) is 73.7 cm³/mol. The molecule has 4 heteroatoms. The molecule has 0 spiro atoms. The molecule has 1 rings (SSSR count). The minimum atomic E-state index is -0.414. The van der Waals surface area contributed by atoms with E-state index in [0.717, 1.165) is 26.2 Å². The summed E-state index contributed by atoms with van der Waals surface area (Å²) in [7, 11) is 0. The monoisotopic (exact) mass is 254 g/mol. The third kappa shape index (κ3) is 4.69. The first-order chi connectivity index (χ1) is 8.33. The van der Waals surface area contributed by atoms with E-state index in [1.807, 2.05) is 32.6 Å². The summed E-state index contributed by atoms with van der Waals surface area (Å²) in [6, 6.07) is 0.377. The van der Waals surface area contributed by atoms with Gasteiger partial charge in [0.2, 0.25) is 0 Å². The van der Waals surface area contributed by atoms with Crippen LogP contribution in [0.25, 0.3) is 0 Å². The van der Waals surface area contributed by atoms with Crippen LogP contribution in [0.3, 0.4) is 0 Å². The Kier molecular flexibility index (Phi) is 5.20. The summed E-state index contributed by atoms with van der Waals surface area (Å²) in [4.78, 5) is 16.1. The Balaban J connectivity index is 2.47. The van der Waals surface area contributed by atoms with E-state index in [4.69, 9.17) is 4.74 Å². The highest BCUT2D eigenvalue weighted by Gasteiger charge is 2.28. The van der Waals surface area contributed by atoms with Gasteiger partial charge in [-0.1, -0.05) is 12.2 Å². The van der Waals surface area contributed by atoms with Gasteiger partial charge in [-0.3, -0.25) is 4.90 Å². The standard InChI is InChI=1S/C14H26N2O2/c1-6-7-8-15-9-10-16(11-12(15)2)13(17)18-14(3,4)5/h6-7,12H,8-11H2,1-5H3/t12-/m0/s1. The first-order valence-electron chi connectivity index (χ1n) is 6.66. The molecule has 1 fully saturated rings. The molecule has 0 saturated carbocycles. The van der Waals surface area contributed by atoms with E-state index < -0.39 is 5.60 Å². The molecule has 1 saturated heterocycles. The van der Waals surface area contributed by atoms with E-state index in [2.05, 4.69) is 24.0 Å². The lowest BCUT2D eigenvalue weighted by Gasteiger charge is -2.39. The summed E-state index contributed by atoms with van der Waals surface area (Å²) in [5.74, 6) is 0. The van der Waals surface area contributed by atoms with E-state index in [9.17, 15) is 4.79 Å². The van der Waals surface area contributed by atoms with Crippen molar-refractivity contribution in [2.45, 2.75) is 46.3 Å². The molecule has 0 aromatic heterocycles. The average molecular weight is 254 g/mol. The summed E-state index contributed by atoms with van der Waals surface area (Å²) in [5, 5.41) is 0. The fourth-order valence-electron chi connectivity index (χ4n) is 2.00. The van der Waals surface area contributed by atoms with Gasteiger partial charge in [-0.2, -0.15) is 0 Å². The minimum absolute atomic E-state index is 0.194. The highest BCUT2D eigenvalue weighted by Crippen LogP contribution is 2.14. The second-order valence-electron chi connectivity index (χ2n) is 5.84. The van der Waals surface area contributed by atoms with Crippen molar-refractivity contribution >= 4 is 6.09 Å². The summed E-state index contributed by atoms with van der Waals surface area (Å²) in [6.45, 7) is 13.2. The molecule has 0 aromatic carbocycles. The Bertz CT molecular complexity index is 307. The molecular weight excluding hydrogens is 228 g/mol. The van der Waals surface area contributed by atoms with Crippen LogP contribution in [-0.2, 0) is 4.74 Å². The number of hydrogen-bond donors (Lipinski definition) is 0. The molecule has 1 aliphatic heterocycles. The summed E-state index contributed by atoms with van der Waals surface area (Å²) >= 11 is 0. The maximum Gasteiger partial charge on any atom is 0.410 e. The number of hydrogen-bond acceptors (Lipinski definition) is 3. The lowest BCUT2D eigenvalue weighted by molar-refractivity contribution is 0.00742. The van der Waals surface area contributed by atoms with Gasteiger partial charge in [0.1, 0.15) is 5.60 Å². The fourth-order valence-corrected chi connectivity index (χ4v) is 2.00. The van der Waals surface area contributed by atoms with Crippen molar-refractivity contribution < 1.29 is 9.53 Å².